The lowest BCUT2D eigenvalue weighted by molar-refractivity contribution is -0.141. The van der Waals surface area contributed by atoms with Crippen LogP contribution >= 0.6 is 0 Å². The smallest absolute Gasteiger partial charge is 0.227 e. The quantitative estimate of drug-likeness (QED) is 0.845. The maximum absolute atomic E-state index is 13.6. The zero-order valence-electron chi connectivity index (χ0n) is 14.5. The Morgan fingerprint density at radius 2 is 2.00 bits per heavy atom. The van der Waals surface area contributed by atoms with E-state index in [1.54, 1.807) is 6.07 Å². The molecule has 3 nitrogen and oxygen atoms in total. The molecule has 4 heteroatoms. The van der Waals surface area contributed by atoms with Gasteiger partial charge in [0.05, 0.1) is 5.92 Å². The molecule has 1 aromatic rings. The SMILES string of the molecule is Cc1ccc(F)cc1CN1C[C@@H]2CC[C@H](C1)N(CC1CCC1)C2=O. The number of hydrogen-bond acceptors (Lipinski definition) is 2. The summed E-state index contributed by atoms with van der Waals surface area (Å²) in [6.07, 6.45) is 6.04. The van der Waals surface area contributed by atoms with Gasteiger partial charge in [-0.2, -0.15) is 0 Å². The van der Waals surface area contributed by atoms with E-state index in [1.807, 2.05) is 13.0 Å². The van der Waals surface area contributed by atoms with Crippen LogP contribution in [0.25, 0.3) is 0 Å². The minimum Gasteiger partial charge on any atom is -0.338 e. The molecule has 3 aliphatic heterocycles. The lowest BCUT2D eigenvalue weighted by Gasteiger charge is -2.40. The average molecular weight is 330 g/mol. The molecule has 130 valence electrons. The van der Waals surface area contributed by atoms with E-state index in [0.29, 0.717) is 11.9 Å². The first kappa shape index (κ1) is 16.1. The highest BCUT2D eigenvalue weighted by molar-refractivity contribution is 5.80. The van der Waals surface area contributed by atoms with E-state index >= 15 is 0 Å². The number of amides is 1. The molecule has 1 aliphatic carbocycles. The number of aryl methyl sites for hydroxylation is 1. The number of rotatable bonds is 4. The molecule has 0 unspecified atom stereocenters. The maximum atomic E-state index is 13.6. The van der Waals surface area contributed by atoms with Crippen LogP contribution < -0.4 is 0 Å². The summed E-state index contributed by atoms with van der Waals surface area (Å²) in [5.41, 5.74) is 2.18. The molecule has 4 fully saturated rings. The zero-order valence-corrected chi connectivity index (χ0v) is 14.5. The van der Waals surface area contributed by atoms with Crippen molar-refractivity contribution in [1.29, 1.82) is 0 Å². The first-order chi connectivity index (χ1) is 11.6. The van der Waals surface area contributed by atoms with Gasteiger partial charge in [0.25, 0.3) is 0 Å². The lowest BCUT2D eigenvalue weighted by Crippen LogP contribution is -2.50. The highest BCUT2D eigenvalue weighted by Gasteiger charge is 2.41. The van der Waals surface area contributed by atoms with E-state index < -0.39 is 0 Å². The number of nitrogens with zero attached hydrogens (tertiary/aromatic N) is 2. The number of carbonyl (C=O) groups is 1. The average Bonchev–Trinajstić information content (AvgIpc) is 2.78. The third kappa shape index (κ3) is 3.08. The van der Waals surface area contributed by atoms with Gasteiger partial charge in [0.2, 0.25) is 5.91 Å². The van der Waals surface area contributed by atoms with Crippen LogP contribution in [0, 0.1) is 24.6 Å². The second-order valence-corrected chi connectivity index (χ2v) is 7.98. The fraction of sp³-hybridized carbons (Fsp3) is 0.650. The van der Waals surface area contributed by atoms with Gasteiger partial charge in [-0.15, -0.1) is 0 Å². The summed E-state index contributed by atoms with van der Waals surface area (Å²) in [7, 11) is 0. The van der Waals surface area contributed by atoms with Crippen LogP contribution in [0.3, 0.4) is 0 Å². The van der Waals surface area contributed by atoms with Crippen molar-refractivity contribution in [3.05, 3.63) is 35.1 Å². The van der Waals surface area contributed by atoms with Crippen molar-refractivity contribution in [2.24, 2.45) is 11.8 Å². The Kier molecular flexibility index (Phi) is 4.33. The molecule has 0 N–H and O–H groups in total. The Balaban J connectivity index is 1.49. The molecular weight excluding hydrogens is 303 g/mol. The molecule has 0 spiro atoms. The van der Waals surface area contributed by atoms with Crippen LogP contribution in [-0.4, -0.2) is 41.4 Å². The number of carbonyl (C=O) groups excluding carboxylic acids is 1. The van der Waals surface area contributed by atoms with Crippen molar-refractivity contribution in [3.8, 4) is 0 Å². The van der Waals surface area contributed by atoms with Crippen molar-refractivity contribution < 1.29 is 9.18 Å². The normalized spacial score (nSPS) is 28.1. The van der Waals surface area contributed by atoms with Crippen molar-refractivity contribution in [1.82, 2.24) is 9.80 Å². The van der Waals surface area contributed by atoms with Crippen LogP contribution in [0.1, 0.15) is 43.2 Å². The van der Waals surface area contributed by atoms with Crippen molar-refractivity contribution in [2.45, 2.75) is 51.6 Å². The molecule has 0 radical (unpaired) electrons. The van der Waals surface area contributed by atoms with Gasteiger partial charge in [-0.05, 0) is 61.8 Å². The molecule has 1 amide bonds. The van der Waals surface area contributed by atoms with Crippen LogP contribution in [-0.2, 0) is 11.3 Å². The van der Waals surface area contributed by atoms with Gasteiger partial charge in [-0.3, -0.25) is 9.69 Å². The van der Waals surface area contributed by atoms with Crippen molar-refractivity contribution >= 4 is 5.91 Å². The van der Waals surface area contributed by atoms with E-state index in [-0.39, 0.29) is 11.7 Å². The van der Waals surface area contributed by atoms with Gasteiger partial charge in [0.15, 0.2) is 0 Å². The van der Waals surface area contributed by atoms with Gasteiger partial charge in [0.1, 0.15) is 5.82 Å². The summed E-state index contributed by atoms with van der Waals surface area (Å²) in [5, 5.41) is 0. The highest BCUT2D eigenvalue weighted by atomic mass is 19.1. The summed E-state index contributed by atoms with van der Waals surface area (Å²) >= 11 is 0. The number of hydrogen-bond donors (Lipinski definition) is 0. The number of benzene rings is 1. The van der Waals surface area contributed by atoms with Gasteiger partial charge in [-0.25, -0.2) is 4.39 Å². The van der Waals surface area contributed by atoms with Crippen LogP contribution in [0.4, 0.5) is 4.39 Å². The van der Waals surface area contributed by atoms with E-state index in [1.165, 1.54) is 25.3 Å². The molecule has 3 heterocycles. The monoisotopic (exact) mass is 330 g/mol. The lowest BCUT2D eigenvalue weighted by atomic mass is 9.83. The number of piperidine rings is 1. The second-order valence-electron chi connectivity index (χ2n) is 7.98. The molecular formula is C20H27FN2O. The fourth-order valence-electron chi connectivity index (χ4n) is 4.50. The topological polar surface area (TPSA) is 23.6 Å². The predicted molar refractivity (Wildman–Crippen MR) is 92.0 cm³/mol. The Labute approximate surface area is 143 Å². The summed E-state index contributed by atoms with van der Waals surface area (Å²) in [6, 6.07) is 5.38. The first-order valence-corrected chi connectivity index (χ1v) is 9.38. The van der Waals surface area contributed by atoms with Gasteiger partial charge in [-0.1, -0.05) is 12.5 Å². The number of fused-ring (bicyclic) bond motifs is 4. The molecule has 24 heavy (non-hydrogen) atoms. The Bertz CT molecular complexity index is 628. The highest BCUT2D eigenvalue weighted by Crippen LogP contribution is 2.34. The predicted octanol–water partition coefficient (Wildman–Crippen LogP) is 3.36. The molecule has 2 bridgehead atoms. The van der Waals surface area contributed by atoms with Crippen molar-refractivity contribution in [3.63, 3.8) is 0 Å². The van der Waals surface area contributed by atoms with E-state index in [0.717, 1.165) is 56.1 Å². The Morgan fingerprint density at radius 1 is 1.17 bits per heavy atom. The molecule has 5 rings (SSSR count). The van der Waals surface area contributed by atoms with Gasteiger partial charge >= 0.3 is 0 Å². The summed E-state index contributed by atoms with van der Waals surface area (Å²) in [6.45, 7) is 5.51. The Hall–Kier alpha value is -1.42. The molecule has 0 aromatic heterocycles. The molecule has 1 saturated carbocycles. The van der Waals surface area contributed by atoms with E-state index in [4.69, 9.17) is 0 Å². The molecule has 4 aliphatic rings. The summed E-state index contributed by atoms with van der Waals surface area (Å²) in [5.74, 6) is 1.07. The molecule has 2 atom stereocenters. The summed E-state index contributed by atoms with van der Waals surface area (Å²) in [4.78, 5) is 17.4. The van der Waals surface area contributed by atoms with E-state index in [9.17, 15) is 9.18 Å². The second kappa shape index (κ2) is 6.47. The maximum Gasteiger partial charge on any atom is 0.227 e. The largest absolute Gasteiger partial charge is 0.338 e. The fourth-order valence-corrected chi connectivity index (χ4v) is 4.50. The third-order valence-electron chi connectivity index (χ3n) is 6.25. The van der Waals surface area contributed by atoms with Gasteiger partial charge in [0, 0.05) is 32.2 Å². The minimum absolute atomic E-state index is 0.137. The van der Waals surface area contributed by atoms with Crippen LogP contribution in [0.5, 0.6) is 0 Å². The van der Waals surface area contributed by atoms with Crippen LogP contribution in [0.2, 0.25) is 0 Å². The summed E-state index contributed by atoms with van der Waals surface area (Å²) < 4.78 is 13.6. The Morgan fingerprint density at radius 3 is 2.75 bits per heavy atom. The molecule has 3 saturated heterocycles. The molecule has 1 aromatic carbocycles. The third-order valence-corrected chi connectivity index (χ3v) is 6.25. The first-order valence-electron chi connectivity index (χ1n) is 9.38. The number of halogens is 1. The standard InChI is InChI=1S/C20H27FN2O/c1-14-5-7-18(21)9-17(14)12-22-11-16-6-8-19(13-22)23(20(16)24)10-15-3-2-4-15/h5,7,9,15-16,19H,2-4,6,8,10-13H2,1H3/t16-,19+/m0/s1. The van der Waals surface area contributed by atoms with Crippen molar-refractivity contribution in [2.75, 3.05) is 19.6 Å². The zero-order chi connectivity index (χ0) is 16.7. The van der Waals surface area contributed by atoms with Crippen LogP contribution in [0.15, 0.2) is 18.2 Å². The van der Waals surface area contributed by atoms with E-state index in [2.05, 4.69) is 9.80 Å². The van der Waals surface area contributed by atoms with Gasteiger partial charge < -0.3 is 4.90 Å². The minimum atomic E-state index is -0.170.